The molecule has 3 rings (SSSR count). The standard InChI is InChI=1S/C14H21ClN6O4S/c1-26(24,25)21-5-3-10(8-21)18-14(23)17-9-2-4-20(7-9)11-6-16-19-13(22)12(11)15/h6,9-10H,2-5,7-8H2,1H3,(H,19,22)(H2,17,18,23)/t9-,10?/m1/s1. The largest absolute Gasteiger partial charge is 0.367 e. The van der Waals surface area contributed by atoms with E-state index in [1.54, 1.807) is 0 Å². The lowest BCUT2D eigenvalue weighted by molar-refractivity contribution is 0.234. The van der Waals surface area contributed by atoms with E-state index in [4.69, 9.17) is 11.6 Å². The first kappa shape index (κ1) is 18.9. The first-order valence-corrected chi connectivity index (χ1v) is 10.5. The second-order valence-corrected chi connectivity index (χ2v) is 8.91. The molecule has 2 aliphatic heterocycles. The van der Waals surface area contributed by atoms with Gasteiger partial charge in [0.1, 0.15) is 5.02 Å². The molecule has 2 aliphatic rings. The molecule has 0 aromatic carbocycles. The summed E-state index contributed by atoms with van der Waals surface area (Å²) in [5.41, 5.74) is 0.0923. The Morgan fingerprint density at radius 1 is 1.27 bits per heavy atom. The van der Waals surface area contributed by atoms with Gasteiger partial charge in [-0.3, -0.25) is 4.79 Å². The summed E-state index contributed by atoms with van der Waals surface area (Å²) in [7, 11) is -3.23. The van der Waals surface area contributed by atoms with E-state index in [0.717, 1.165) is 6.26 Å². The quantitative estimate of drug-likeness (QED) is 0.611. The van der Waals surface area contributed by atoms with Gasteiger partial charge >= 0.3 is 6.03 Å². The number of nitrogens with one attached hydrogen (secondary N) is 3. The molecule has 144 valence electrons. The van der Waals surface area contributed by atoms with E-state index < -0.39 is 15.6 Å². The monoisotopic (exact) mass is 404 g/mol. The normalized spacial score (nSPS) is 24.0. The summed E-state index contributed by atoms with van der Waals surface area (Å²) in [6.45, 7) is 1.85. The minimum atomic E-state index is -3.23. The van der Waals surface area contributed by atoms with Gasteiger partial charge in [0.25, 0.3) is 5.56 Å². The second-order valence-electron chi connectivity index (χ2n) is 6.55. The molecule has 0 saturated carbocycles. The molecule has 1 unspecified atom stereocenters. The molecule has 0 spiro atoms. The minimum absolute atomic E-state index is 0.0805. The van der Waals surface area contributed by atoms with Crippen LogP contribution in [0.3, 0.4) is 0 Å². The van der Waals surface area contributed by atoms with Gasteiger partial charge < -0.3 is 15.5 Å². The Morgan fingerprint density at radius 3 is 2.58 bits per heavy atom. The highest BCUT2D eigenvalue weighted by molar-refractivity contribution is 7.88. The average Bonchev–Trinajstić information content (AvgIpc) is 3.19. The zero-order chi connectivity index (χ0) is 18.9. The van der Waals surface area contributed by atoms with Gasteiger partial charge in [-0.05, 0) is 12.8 Å². The fraction of sp³-hybridized carbons (Fsp3) is 0.643. The summed E-state index contributed by atoms with van der Waals surface area (Å²) >= 11 is 6.01. The van der Waals surface area contributed by atoms with E-state index in [9.17, 15) is 18.0 Å². The van der Waals surface area contributed by atoms with Crippen LogP contribution < -0.4 is 21.1 Å². The highest BCUT2D eigenvalue weighted by atomic mass is 35.5. The third kappa shape index (κ3) is 4.27. The maximum atomic E-state index is 12.2. The van der Waals surface area contributed by atoms with Crippen LogP contribution in [-0.2, 0) is 10.0 Å². The molecule has 0 bridgehead atoms. The van der Waals surface area contributed by atoms with Crippen molar-refractivity contribution < 1.29 is 13.2 Å². The van der Waals surface area contributed by atoms with Gasteiger partial charge in [0, 0.05) is 38.3 Å². The Labute approximate surface area is 155 Å². The number of rotatable bonds is 4. The molecule has 2 amide bonds. The van der Waals surface area contributed by atoms with Crippen molar-refractivity contribution in [3.63, 3.8) is 0 Å². The average molecular weight is 405 g/mol. The maximum absolute atomic E-state index is 12.2. The molecule has 1 aromatic rings. The molecule has 1 aromatic heterocycles. The Bertz CT molecular complexity index is 844. The molecule has 2 saturated heterocycles. The van der Waals surface area contributed by atoms with E-state index in [-0.39, 0.29) is 29.7 Å². The molecular formula is C14H21ClN6O4S. The van der Waals surface area contributed by atoms with Crippen LogP contribution in [-0.4, -0.2) is 73.5 Å². The number of carbonyl (C=O) groups is 1. The van der Waals surface area contributed by atoms with Gasteiger partial charge in [-0.2, -0.15) is 5.10 Å². The zero-order valence-corrected chi connectivity index (χ0v) is 15.8. The number of aromatic amines is 1. The Hall–Kier alpha value is -1.85. The lowest BCUT2D eigenvalue weighted by Gasteiger charge is -2.20. The molecule has 0 aliphatic carbocycles. The number of carbonyl (C=O) groups excluding carboxylic acids is 1. The maximum Gasteiger partial charge on any atom is 0.315 e. The van der Waals surface area contributed by atoms with Gasteiger partial charge in [0.2, 0.25) is 10.0 Å². The smallest absolute Gasteiger partial charge is 0.315 e. The highest BCUT2D eigenvalue weighted by Crippen LogP contribution is 2.24. The van der Waals surface area contributed by atoms with Crippen LogP contribution in [0, 0.1) is 0 Å². The predicted molar refractivity (Wildman–Crippen MR) is 97.0 cm³/mol. The number of hydrogen-bond acceptors (Lipinski definition) is 6. The summed E-state index contributed by atoms with van der Waals surface area (Å²) in [6, 6.07) is -0.626. The molecule has 3 heterocycles. The van der Waals surface area contributed by atoms with E-state index >= 15 is 0 Å². The van der Waals surface area contributed by atoms with Crippen molar-refractivity contribution in [2.75, 3.05) is 37.3 Å². The molecule has 10 nitrogen and oxygen atoms in total. The van der Waals surface area contributed by atoms with Crippen molar-refractivity contribution in [2.45, 2.75) is 24.9 Å². The van der Waals surface area contributed by atoms with Crippen LogP contribution in [0.2, 0.25) is 5.02 Å². The van der Waals surface area contributed by atoms with Crippen molar-refractivity contribution in [3.8, 4) is 0 Å². The molecule has 26 heavy (non-hydrogen) atoms. The minimum Gasteiger partial charge on any atom is -0.367 e. The first-order chi connectivity index (χ1) is 12.2. The van der Waals surface area contributed by atoms with Gasteiger partial charge in [0.05, 0.1) is 18.1 Å². The van der Waals surface area contributed by atoms with E-state index in [2.05, 4.69) is 20.8 Å². The lowest BCUT2D eigenvalue weighted by Crippen LogP contribution is -2.48. The summed E-state index contributed by atoms with van der Waals surface area (Å²) in [6.07, 6.45) is 3.95. The van der Waals surface area contributed by atoms with Crippen molar-refractivity contribution in [2.24, 2.45) is 0 Å². The van der Waals surface area contributed by atoms with Crippen LogP contribution in [0.5, 0.6) is 0 Å². The summed E-state index contributed by atoms with van der Waals surface area (Å²) in [4.78, 5) is 25.6. The second kappa shape index (κ2) is 7.41. The number of H-pyrrole nitrogens is 1. The predicted octanol–water partition coefficient (Wildman–Crippen LogP) is -0.665. The summed E-state index contributed by atoms with van der Waals surface area (Å²) in [5, 5.41) is 11.8. The molecule has 3 N–H and O–H groups in total. The molecular weight excluding hydrogens is 384 g/mol. The number of sulfonamides is 1. The topological polar surface area (TPSA) is 128 Å². The van der Waals surface area contributed by atoms with Gasteiger partial charge in [-0.25, -0.2) is 22.6 Å². The van der Waals surface area contributed by atoms with Crippen molar-refractivity contribution >= 4 is 33.3 Å². The van der Waals surface area contributed by atoms with E-state index in [0.29, 0.717) is 38.2 Å². The lowest BCUT2D eigenvalue weighted by atomic mass is 10.2. The number of amides is 2. The van der Waals surface area contributed by atoms with Crippen LogP contribution in [0.4, 0.5) is 10.5 Å². The highest BCUT2D eigenvalue weighted by Gasteiger charge is 2.31. The molecule has 2 atom stereocenters. The molecule has 0 radical (unpaired) electrons. The fourth-order valence-electron chi connectivity index (χ4n) is 3.25. The SMILES string of the molecule is CS(=O)(=O)N1CCC(NC(=O)N[C@@H]2CCN(c3cn[nH]c(=O)c3Cl)C2)C1. The van der Waals surface area contributed by atoms with Crippen LogP contribution in [0.1, 0.15) is 12.8 Å². The Morgan fingerprint density at radius 2 is 1.92 bits per heavy atom. The van der Waals surface area contributed by atoms with Crippen LogP contribution in [0.15, 0.2) is 11.0 Å². The number of urea groups is 1. The molecule has 2 fully saturated rings. The Balaban J connectivity index is 1.51. The van der Waals surface area contributed by atoms with E-state index in [1.165, 1.54) is 10.5 Å². The van der Waals surface area contributed by atoms with Crippen molar-refractivity contribution in [1.82, 2.24) is 25.1 Å². The van der Waals surface area contributed by atoms with E-state index in [1.807, 2.05) is 4.90 Å². The summed E-state index contributed by atoms with van der Waals surface area (Å²) in [5.74, 6) is 0. The number of nitrogens with zero attached hydrogens (tertiary/aromatic N) is 3. The third-order valence-electron chi connectivity index (χ3n) is 4.60. The zero-order valence-electron chi connectivity index (χ0n) is 14.2. The van der Waals surface area contributed by atoms with Crippen molar-refractivity contribution in [1.29, 1.82) is 0 Å². The fourth-order valence-corrected chi connectivity index (χ4v) is 4.35. The first-order valence-electron chi connectivity index (χ1n) is 8.24. The van der Waals surface area contributed by atoms with Gasteiger partial charge in [-0.1, -0.05) is 11.6 Å². The number of hydrogen-bond donors (Lipinski definition) is 3. The van der Waals surface area contributed by atoms with Crippen LogP contribution >= 0.6 is 11.6 Å². The Kier molecular flexibility index (Phi) is 5.39. The third-order valence-corrected chi connectivity index (χ3v) is 6.23. The summed E-state index contributed by atoms with van der Waals surface area (Å²) < 4.78 is 24.4. The number of aromatic nitrogens is 2. The van der Waals surface area contributed by atoms with Gasteiger partial charge in [0.15, 0.2) is 0 Å². The van der Waals surface area contributed by atoms with Crippen molar-refractivity contribution in [3.05, 3.63) is 21.6 Å². The molecule has 12 heteroatoms. The van der Waals surface area contributed by atoms with Crippen LogP contribution in [0.25, 0.3) is 0 Å². The number of anilines is 1. The van der Waals surface area contributed by atoms with Gasteiger partial charge in [-0.15, -0.1) is 0 Å². The number of halogens is 1.